The summed E-state index contributed by atoms with van der Waals surface area (Å²) in [7, 11) is 0. The van der Waals surface area contributed by atoms with Crippen LogP contribution >= 0.6 is 0 Å². The Balaban J connectivity index is 1.41. The molecule has 0 spiro atoms. The average Bonchev–Trinajstić information content (AvgIpc) is 3.20. The molecule has 0 bridgehead atoms. The van der Waals surface area contributed by atoms with Crippen molar-refractivity contribution in [3.05, 3.63) is 47.5 Å². The number of aromatic nitrogens is 3. The highest BCUT2D eigenvalue weighted by atomic mass is 15.4. The van der Waals surface area contributed by atoms with Crippen LogP contribution in [0.4, 0.5) is 0 Å². The van der Waals surface area contributed by atoms with Crippen molar-refractivity contribution in [2.24, 2.45) is 11.8 Å². The van der Waals surface area contributed by atoms with E-state index in [-0.39, 0.29) is 6.04 Å². The lowest BCUT2D eigenvalue weighted by molar-refractivity contribution is 0.242. The molecule has 1 aliphatic carbocycles. The van der Waals surface area contributed by atoms with Crippen LogP contribution in [0.5, 0.6) is 0 Å². The number of aromatic amines is 1. The molecule has 2 heterocycles. The van der Waals surface area contributed by atoms with E-state index in [4.69, 9.17) is 4.98 Å². The van der Waals surface area contributed by atoms with Gasteiger partial charge in [0.1, 0.15) is 5.82 Å². The van der Waals surface area contributed by atoms with Gasteiger partial charge >= 0.3 is 0 Å². The van der Waals surface area contributed by atoms with Gasteiger partial charge in [-0.1, -0.05) is 37.3 Å². The Morgan fingerprint density at radius 3 is 2.83 bits per heavy atom. The molecule has 1 aromatic heterocycles. The van der Waals surface area contributed by atoms with E-state index in [1.54, 1.807) is 0 Å². The predicted octanol–water partition coefficient (Wildman–Crippen LogP) is 2.54. The van der Waals surface area contributed by atoms with Crippen molar-refractivity contribution in [3.63, 3.8) is 0 Å². The maximum Gasteiger partial charge on any atom is 0.169 e. The number of hydrogen-bond acceptors (Lipinski definition) is 4. The molecule has 0 amide bonds. The minimum absolute atomic E-state index is 0.240. The SMILES string of the molecule is CC1CCC2NNC(c3n[nH]c(CCc4ccccc4)n3)C2C1. The standard InChI is InChI=1S/C18H25N5/c1-12-7-9-15-14(11-12)17(22-20-15)18-19-16(21-23-18)10-8-13-5-3-2-4-6-13/h2-6,12,14-15,17,20,22H,7-11H2,1H3,(H,19,21,23). The fourth-order valence-corrected chi connectivity index (χ4v) is 4.00. The van der Waals surface area contributed by atoms with Crippen molar-refractivity contribution in [2.75, 3.05) is 0 Å². The van der Waals surface area contributed by atoms with Gasteiger partial charge in [0.05, 0.1) is 6.04 Å². The summed E-state index contributed by atoms with van der Waals surface area (Å²) in [4.78, 5) is 4.75. The lowest BCUT2D eigenvalue weighted by atomic mass is 9.76. The molecular weight excluding hydrogens is 286 g/mol. The molecule has 1 aromatic carbocycles. The van der Waals surface area contributed by atoms with Crippen molar-refractivity contribution in [1.82, 2.24) is 26.0 Å². The van der Waals surface area contributed by atoms with Gasteiger partial charge in [0.15, 0.2) is 5.82 Å². The summed E-state index contributed by atoms with van der Waals surface area (Å²) >= 11 is 0. The molecule has 2 fully saturated rings. The third-order valence-electron chi connectivity index (χ3n) is 5.33. The first-order valence-electron chi connectivity index (χ1n) is 8.76. The van der Waals surface area contributed by atoms with Crippen molar-refractivity contribution >= 4 is 0 Å². The smallest absolute Gasteiger partial charge is 0.169 e. The zero-order valence-corrected chi connectivity index (χ0v) is 13.6. The molecule has 122 valence electrons. The molecule has 5 nitrogen and oxygen atoms in total. The topological polar surface area (TPSA) is 65.6 Å². The minimum Gasteiger partial charge on any atom is -0.263 e. The number of rotatable bonds is 4. The third kappa shape index (κ3) is 3.16. The second-order valence-electron chi connectivity index (χ2n) is 7.08. The highest BCUT2D eigenvalue weighted by molar-refractivity contribution is 5.15. The number of hydrazine groups is 1. The van der Waals surface area contributed by atoms with Crippen LogP contribution < -0.4 is 10.9 Å². The lowest BCUT2D eigenvalue weighted by Gasteiger charge is -2.30. The van der Waals surface area contributed by atoms with Crippen LogP contribution in [-0.4, -0.2) is 21.2 Å². The Kier molecular flexibility index (Phi) is 4.14. The molecule has 23 heavy (non-hydrogen) atoms. The number of hydrogen-bond donors (Lipinski definition) is 3. The van der Waals surface area contributed by atoms with Crippen LogP contribution in [0.15, 0.2) is 30.3 Å². The van der Waals surface area contributed by atoms with E-state index in [2.05, 4.69) is 58.3 Å². The van der Waals surface area contributed by atoms with E-state index < -0.39 is 0 Å². The Bertz CT molecular complexity index is 638. The molecule has 4 rings (SSSR count). The summed E-state index contributed by atoms with van der Waals surface area (Å²) in [5.41, 5.74) is 8.22. The van der Waals surface area contributed by atoms with E-state index in [0.29, 0.717) is 12.0 Å². The van der Waals surface area contributed by atoms with E-state index in [1.807, 2.05) is 0 Å². The van der Waals surface area contributed by atoms with Crippen molar-refractivity contribution in [3.8, 4) is 0 Å². The van der Waals surface area contributed by atoms with Gasteiger partial charge in [-0.3, -0.25) is 10.5 Å². The molecule has 3 N–H and O–H groups in total. The second-order valence-corrected chi connectivity index (χ2v) is 7.08. The van der Waals surface area contributed by atoms with Gasteiger partial charge in [0, 0.05) is 12.5 Å². The van der Waals surface area contributed by atoms with Gasteiger partial charge < -0.3 is 0 Å². The Morgan fingerprint density at radius 2 is 1.96 bits per heavy atom. The summed E-state index contributed by atoms with van der Waals surface area (Å²) in [6.07, 6.45) is 5.72. The van der Waals surface area contributed by atoms with Crippen molar-refractivity contribution < 1.29 is 0 Å². The molecule has 1 saturated carbocycles. The van der Waals surface area contributed by atoms with Crippen LogP contribution in [-0.2, 0) is 12.8 Å². The molecule has 4 atom stereocenters. The Morgan fingerprint density at radius 1 is 1.09 bits per heavy atom. The van der Waals surface area contributed by atoms with Crippen molar-refractivity contribution in [1.29, 1.82) is 0 Å². The normalized spacial score (nSPS) is 30.3. The van der Waals surface area contributed by atoms with Gasteiger partial charge in [0.2, 0.25) is 0 Å². The summed E-state index contributed by atoms with van der Waals surface area (Å²) in [5, 5.41) is 7.62. The molecule has 5 heteroatoms. The number of aryl methyl sites for hydroxylation is 2. The third-order valence-corrected chi connectivity index (χ3v) is 5.33. The zero-order chi connectivity index (χ0) is 15.6. The molecule has 4 unspecified atom stereocenters. The first-order chi connectivity index (χ1) is 11.3. The van der Waals surface area contributed by atoms with E-state index >= 15 is 0 Å². The Hall–Kier alpha value is -1.72. The fraction of sp³-hybridized carbons (Fsp3) is 0.556. The number of nitrogens with one attached hydrogen (secondary N) is 3. The number of fused-ring (bicyclic) bond motifs is 1. The summed E-state index contributed by atoms with van der Waals surface area (Å²) in [6, 6.07) is 11.4. The quantitative estimate of drug-likeness (QED) is 0.812. The number of H-pyrrole nitrogens is 1. The van der Waals surface area contributed by atoms with Crippen LogP contribution in [0, 0.1) is 11.8 Å². The highest BCUT2D eigenvalue weighted by Gasteiger charge is 2.41. The van der Waals surface area contributed by atoms with E-state index in [9.17, 15) is 0 Å². The minimum atomic E-state index is 0.240. The van der Waals surface area contributed by atoms with E-state index in [1.165, 1.54) is 24.8 Å². The first-order valence-corrected chi connectivity index (χ1v) is 8.76. The molecule has 1 aliphatic heterocycles. The monoisotopic (exact) mass is 311 g/mol. The maximum atomic E-state index is 4.75. The second kappa shape index (κ2) is 6.42. The Labute approximate surface area is 137 Å². The van der Waals surface area contributed by atoms with Gasteiger partial charge in [-0.25, -0.2) is 10.4 Å². The largest absolute Gasteiger partial charge is 0.263 e. The molecule has 1 saturated heterocycles. The van der Waals surface area contributed by atoms with Crippen LogP contribution in [0.3, 0.4) is 0 Å². The fourth-order valence-electron chi connectivity index (χ4n) is 4.00. The van der Waals surface area contributed by atoms with Gasteiger partial charge in [-0.15, -0.1) is 0 Å². The van der Waals surface area contributed by atoms with Gasteiger partial charge in [-0.05, 0) is 43.1 Å². The van der Waals surface area contributed by atoms with Gasteiger partial charge in [-0.2, -0.15) is 5.10 Å². The zero-order valence-electron chi connectivity index (χ0n) is 13.6. The lowest BCUT2D eigenvalue weighted by Crippen LogP contribution is -2.34. The highest BCUT2D eigenvalue weighted by Crippen LogP contribution is 2.39. The van der Waals surface area contributed by atoms with E-state index in [0.717, 1.165) is 30.4 Å². The molecule has 0 radical (unpaired) electrons. The van der Waals surface area contributed by atoms with Crippen LogP contribution in [0.2, 0.25) is 0 Å². The predicted molar refractivity (Wildman–Crippen MR) is 89.5 cm³/mol. The number of nitrogens with zero attached hydrogens (tertiary/aromatic N) is 2. The first kappa shape index (κ1) is 14.8. The summed E-state index contributed by atoms with van der Waals surface area (Å²) in [6.45, 7) is 2.36. The maximum absolute atomic E-state index is 4.75. The summed E-state index contributed by atoms with van der Waals surface area (Å²) < 4.78 is 0. The molecule has 2 aromatic rings. The number of benzene rings is 1. The van der Waals surface area contributed by atoms with Crippen LogP contribution in [0.1, 0.15) is 49.4 Å². The molecular formula is C18H25N5. The molecule has 2 aliphatic rings. The van der Waals surface area contributed by atoms with Crippen molar-refractivity contribution in [2.45, 2.75) is 51.1 Å². The summed E-state index contributed by atoms with van der Waals surface area (Å²) in [5.74, 6) is 3.31. The van der Waals surface area contributed by atoms with Crippen LogP contribution in [0.25, 0.3) is 0 Å². The van der Waals surface area contributed by atoms with Gasteiger partial charge in [0.25, 0.3) is 0 Å². The average molecular weight is 311 g/mol.